The Kier molecular flexibility index (Phi) is 9.29. The van der Waals surface area contributed by atoms with Crippen LogP contribution in [0.25, 0.3) is 0 Å². The molecule has 2 aromatic rings. The predicted molar refractivity (Wildman–Crippen MR) is 144 cm³/mol. The van der Waals surface area contributed by atoms with Crippen LogP contribution in [0.5, 0.6) is 5.75 Å². The zero-order valence-corrected chi connectivity index (χ0v) is 23.2. The van der Waals surface area contributed by atoms with Gasteiger partial charge in [0.1, 0.15) is 11.6 Å². The molecule has 13 heteroatoms. The molecule has 0 saturated heterocycles. The summed E-state index contributed by atoms with van der Waals surface area (Å²) in [5.74, 6) is -0.0699. The van der Waals surface area contributed by atoms with Crippen LogP contribution in [0.4, 0.5) is 13.2 Å². The SMILES string of the molecule is CCC1C(Cl)=C(NC2CCC(c3ccc(OS(=O)(=O)C(F)(F)F)cc3)CC2)N=CN1COC(=O)c1ccccc1. The van der Waals surface area contributed by atoms with Crippen LogP contribution in [-0.2, 0) is 14.9 Å². The number of hydrogen-bond donors (Lipinski definition) is 1. The maximum atomic E-state index is 12.5. The molecular formula is C27H29ClF3N3O5S. The Morgan fingerprint density at radius 3 is 2.33 bits per heavy atom. The van der Waals surface area contributed by atoms with Crippen LogP contribution in [0, 0.1) is 0 Å². The van der Waals surface area contributed by atoms with Crippen molar-refractivity contribution in [2.24, 2.45) is 4.99 Å². The molecule has 0 aromatic heterocycles. The third-order valence-corrected chi connectivity index (χ3v) is 8.31. The number of hydrogen-bond acceptors (Lipinski definition) is 8. The number of aliphatic imine (C=N–C) groups is 1. The molecule has 1 saturated carbocycles. The highest BCUT2D eigenvalue weighted by atomic mass is 35.5. The fourth-order valence-electron chi connectivity index (χ4n) is 4.75. The summed E-state index contributed by atoms with van der Waals surface area (Å²) in [6.07, 6.45) is 5.54. The fraction of sp³-hybridized carbons (Fsp3) is 0.407. The number of nitrogens with one attached hydrogen (secondary N) is 1. The molecule has 0 radical (unpaired) electrons. The van der Waals surface area contributed by atoms with E-state index >= 15 is 0 Å². The molecule has 2 aromatic carbocycles. The van der Waals surface area contributed by atoms with Gasteiger partial charge in [-0.1, -0.05) is 48.9 Å². The van der Waals surface area contributed by atoms with Gasteiger partial charge in [-0.3, -0.25) is 0 Å². The summed E-state index contributed by atoms with van der Waals surface area (Å²) in [6, 6.07) is 14.3. The van der Waals surface area contributed by atoms with Crippen molar-refractivity contribution in [3.05, 3.63) is 76.6 Å². The predicted octanol–water partition coefficient (Wildman–Crippen LogP) is 5.88. The second-order valence-electron chi connectivity index (χ2n) is 9.55. The van der Waals surface area contributed by atoms with Crippen LogP contribution < -0.4 is 9.50 Å². The van der Waals surface area contributed by atoms with Crippen molar-refractivity contribution >= 4 is 34.0 Å². The summed E-state index contributed by atoms with van der Waals surface area (Å²) in [5.41, 5.74) is -4.12. The first-order valence-corrected chi connectivity index (χ1v) is 14.6. The third kappa shape index (κ3) is 7.08. The molecule has 1 heterocycles. The molecule has 1 N–H and O–H groups in total. The van der Waals surface area contributed by atoms with Gasteiger partial charge in [0, 0.05) is 6.04 Å². The van der Waals surface area contributed by atoms with Gasteiger partial charge in [-0.15, -0.1) is 0 Å². The van der Waals surface area contributed by atoms with Gasteiger partial charge in [0.15, 0.2) is 6.73 Å². The van der Waals surface area contributed by atoms with Crippen molar-refractivity contribution in [2.45, 2.75) is 62.5 Å². The van der Waals surface area contributed by atoms with Gasteiger partial charge in [0.05, 0.1) is 23.0 Å². The molecule has 40 heavy (non-hydrogen) atoms. The Morgan fingerprint density at radius 2 is 1.73 bits per heavy atom. The zero-order chi connectivity index (χ0) is 28.9. The first kappa shape index (κ1) is 29.7. The van der Waals surface area contributed by atoms with Crippen LogP contribution in [0.3, 0.4) is 0 Å². The van der Waals surface area contributed by atoms with Gasteiger partial charge in [-0.2, -0.15) is 21.6 Å². The Labute approximate surface area is 235 Å². The van der Waals surface area contributed by atoms with Gasteiger partial charge >= 0.3 is 21.6 Å². The molecule has 4 rings (SSSR count). The molecule has 1 atom stereocenters. The second-order valence-corrected chi connectivity index (χ2v) is 11.5. The van der Waals surface area contributed by atoms with E-state index < -0.39 is 21.6 Å². The lowest BCUT2D eigenvalue weighted by molar-refractivity contribution is -0.0500. The second kappa shape index (κ2) is 12.5. The molecule has 1 unspecified atom stereocenters. The number of carbonyl (C=O) groups excluding carboxylic acids is 1. The number of alkyl halides is 3. The Hall–Kier alpha value is -3.25. The number of carbonyl (C=O) groups is 1. The molecule has 0 bridgehead atoms. The van der Waals surface area contributed by atoms with Crippen LogP contribution in [0.15, 0.2) is 70.4 Å². The van der Waals surface area contributed by atoms with Crippen LogP contribution in [0.2, 0.25) is 0 Å². The standard InChI is InChI=1S/C27H29ClF3N3O5S/c1-2-23-24(28)25(32-16-34(23)17-38-26(35)20-6-4-3-5-7-20)33-21-12-8-18(9-13-21)19-10-14-22(15-11-19)39-40(36,37)27(29,30)31/h3-7,10-11,14-16,18,21,23,33H,2,8-9,12-13,17H2,1H3. The largest absolute Gasteiger partial charge is 0.534 e. The van der Waals surface area contributed by atoms with Crippen molar-refractivity contribution in [1.82, 2.24) is 10.2 Å². The summed E-state index contributed by atoms with van der Waals surface area (Å²) >= 11 is 6.70. The number of esters is 1. The highest BCUT2D eigenvalue weighted by molar-refractivity contribution is 7.88. The van der Waals surface area contributed by atoms with Crippen molar-refractivity contribution in [3.8, 4) is 5.75 Å². The van der Waals surface area contributed by atoms with E-state index in [9.17, 15) is 26.4 Å². The summed E-state index contributed by atoms with van der Waals surface area (Å²) in [4.78, 5) is 18.6. The van der Waals surface area contributed by atoms with Crippen molar-refractivity contribution in [2.75, 3.05) is 6.73 Å². The molecule has 1 aliphatic carbocycles. The molecule has 0 spiro atoms. The molecule has 8 nitrogen and oxygen atoms in total. The molecular weight excluding hydrogens is 571 g/mol. The quantitative estimate of drug-likeness (QED) is 0.218. The monoisotopic (exact) mass is 599 g/mol. The van der Waals surface area contributed by atoms with Gasteiger partial charge in [0.2, 0.25) is 0 Å². The Balaban J connectivity index is 1.29. The highest BCUT2D eigenvalue weighted by Gasteiger charge is 2.48. The summed E-state index contributed by atoms with van der Waals surface area (Å²) in [7, 11) is -5.70. The molecule has 1 aliphatic heterocycles. The van der Waals surface area contributed by atoms with E-state index in [1.807, 2.05) is 13.0 Å². The fourth-order valence-corrected chi connectivity index (χ4v) is 5.59. The van der Waals surface area contributed by atoms with E-state index in [1.54, 1.807) is 47.6 Å². The number of benzene rings is 2. The van der Waals surface area contributed by atoms with E-state index in [0.29, 0.717) is 22.8 Å². The van der Waals surface area contributed by atoms with Crippen molar-refractivity contribution < 1.29 is 35.3 Å². The maximum absolute atomic E-state index is 12.5. The highest BCUT2D eigenvalue weighted by Crippen LogP contribution is 2.35. The maximum Gasteiger partial charge on any atom is 0.534 e. The van der Waals surface area contributed by atoms with E-state index in [0.717, 1.165) is 31.2 Å². The average molecular weight is 600 g/mol. The minimum Gasteiger partial charge on any atom is -0.441 e. The molecule has 1 fully saturated rings. The Morgan fingerprint density at radius 1 is 1.07 bits per heavy atom. The lowest BCUT2D eigenvalue weighted by atomic mass is 9.82. The molecule has 0 amide bonds. The first-order chi connectivity index (χ1) is 19.0. The minimum atomic E-state index is -5.70. The lowest BCUT2D eigenvalue weighted by Crippen LogP contribution is -2.42. The third-order valence-electron chi connectivity index (χ3n) is 6.90. The van der Waals surface area contributed by atoms with Gasteiger partial charge in [0.25, 0.3) is 0 Å². The lowest BCUT2D eigenvalue weighted by Gasteiger charge is -2.35. The van der Waals surface area contributed by atoms with Crippen molar-refractivity contribution in [3.63, 3.8) is 0 Å². The van der Waals surface area contributed by atoms with Gasteiger partial charge in [-0.25, -0.2) is 9.79 Å². The number of halogens is 4. The average Bonchev–Trinajstić information content (AvgIpc) is 2.93. The minimum absolute atomic E-state index is 0.0102. The van der Waals surface area contributed by atoms with Crippen LogP contribution in [-0.4, -0.2) is 49.9 Å². The van der Waals surface area contributed by atoms with Crippen LogP contribution >= 0.6 is 11.6 Å². The van der Waals surface area contributed by atoms with Crippen LogP contribution in [0.1, 0.15) is 60.9 Å². The molecule has 2 aliphatic rings. The normalized spacial score (nSPS) is 21.7. The number of ether oxygens (including phenoxy) is 1. The van der Waals surface area contributed by atoms with Crippen molar-refractivity contribution in [1.29, 1.82) is 0 Å². The summed E-state index contributed by atoms with van der Waals surface area (Å²) < 4.78 is 69.6. The number of rotatable bonds is 9. The topological polar surface area (TPSA) is 97.3 Å². The van der Waals surface area contributed by atoms with Gasteiger partial charge in [-0.05, 0) is 67.9 Å². The first-order valence-electron chi connectivity index (χ1n) is 12.8. The van der Waals surface area contributed by atoms with E-state index in [2.05, 4.69) is 14.5 Å². The number of nitrogens with zero attached hydrogens (tertiary/aromatic N) is 2. The van der Waals surface area contributed by atoms with Gasteiger partial charge < -0.3 is 19.1 Å². The van der Waals surface area contributed by atoms with E-state index in [4.69, 9.17) is 16.3 Å². The summed E-state index contributed by atoms with van der Waals surface area (Å²) in [6.45, 7) is 1.99. The van der Waals surface area contributed by atoms with E-state index in [-0.39, 0.29) is 30.5 Å². The summed E-state index contributed by atoms with van der Waals surface area (Å²) in [5, 5.41) is 3.96. The Bertz CT molecular complexity index is 1340. The zero-order valence-electron chi connectivity index (χ0n) is 21.6. The van der Waals surface area contributed by atoms with E-state index in [1.165, 1.54) is 12.1 Å². The molecule has 216 valence electrons. The smallest absolute Gasteiger partial charge is 0.441 e.